The summed E-state index contributed by atoms with van der Waals surface area (Å²) in [5.41, 5.74) is 1.16. The molecule has 0 aliphatic heterocycles. The number of unbranched alkanes of at least 4 members (excludes halogenated alkanes) is 28. The Labute approximate surface area is 274 Å². The van der Waals surface area contributed by atoms with Crippen LogP contribution in [-0.2, 0) is 16.0 Å². The summed E-state index contributed by atoms with van der Waals surface area (Å²) < 4.78 is 5.36. The Morgan fingerprint density at radius 3 is 1.14 bits per heavy atom. The zero-order valence-corrected chi connectivity index (χ0v) is 29.4. The largest absolute Gasteiger partial charge is 0.508 e. The molecule has 0 aliphatic carbocycles. The highest BCUT2D eigenvalue weighted by Crippen LogP contribution is 2.17. The molecule has 3 heteroatoms. The zero-order chi connectivity index (χ0) is 31.6. The van der Waals surface area contributed by atoms with E-state index in [2.05, 4.69) is 6.92 Å². The summed E-state index contributed by atoms with van der Waals surface area (Å²) in [4.78, 5) is 11.9. The summed E-state index contributed by atoms with van der Waals surface area (Å²) >= 11 is 0. The Hall–Kier alpha value is -1.51. The number of esters is 1. The molecule has 0 heterocycles. The third-order valence-corrected chi connectivity index (χ3v) is 9.29. The van der Waals surface area contributed by atoms with Gasteiger partial charge in [0, 0.05) is 6.42 Å². The van der Waals surface area contributed by atoms with Gasteiger partial charge in [0.05, 0.1) is 6.61 Å². The molecule has 0 amide bonds. The number of ether oxygens (including phenoxy) is 1. The molecule has 44 heavy (non-hydrogen) atoms. The van der Waals surface area contributed by atoms with Gasteiger partial charge >= 0.3 is 5.97 Å². The third kappa shape index (κ3) is 29.2. The topological polar surface area (TPSA) is 46.5 Å². The number of aromatic hydroxyl groups is 1. The van der Waals surface area contributed by atoms with Crippen LogP contribution in [-0.4, -0.2) is 17.7 Å². The Morgan fingerprint density at radius 2 is 0.795 bits per heavy atom. The molecular formula is C41H74O3. The van der Waals surface area contributed by atoms with Gasteiger partial charge in [-0.2, -0.15) is 0 Å². The predicted octanol–water partition coefficient (Wildman–Crippen LogP) is 13.6. The zero-order valence-electron chi connectivity index (χ0n) is 29.4. The van der Waals surface area contributed by atoms with E-state index in [0.29, 0.717) is 13.0 Å². The van der Waals surface area contributed by atoms with Crippen molar-refractivity contribution in [1.29, 1.82) is 0 Å². The summed E-state index contributed by atoms with van der Waals surface area (Å²) in [7, 11) is 0. The van der Waals surface area contributed by atoms with E-state index in [1.54, 1.807) is 12.1 Å². The van der Waals surface area contributed by atoms with Crippen LogP contribution in [0.4, 0.5) is 0 Å². The van der Waals surface area contributed by atoms with Gasteiger partial charge in [0.1, 0.15) is 5.75 Å². The quantitative estimate of drug-likeness (QED) is 0.0620. The SMILES string of the molecule is CCCCCCCCCCCCCCCCCCCCCCCCCCCCCCCC(=O)OCCCc1ccc(O)cc1. The van der Waals surface area contributed by atoms with Gasteiger partial charge in [0.2, 0.25) is 0 Å². The van der Waals surface area contributed by atoms with Gasteiger partial charge in [0.25, 0.3) is 0 Å². The van der Waals surface area contributed by atoms with Crippen LogP contribution in [0.5, 0.6) is 5.75 Å². The third-order valence-electron chi connectivity index (χ3n) is 9.29. The van der Waals surface area contributed by atoms with Crippen molar-refractivity contribution in [3.8, 4) is 5.75 Å². The Balaban J connectivity index is 1.67. The highest BCUT2D eigenvalue weighted by Gasteiger charge is 2.03. The predicted molar refractivity (Wildman–Crippen MR) is 192 cm³/mol. The maximum atomic E-state index is 11.9. The van der Waals surface area contributed by atoms with E-state index in [9.17, 15) is 9.90 Å². The first kappa shape index (κ1) is 40.5. The van der Waals surface area contributed by atoms with Crippen molar-refractivity contribution < 1.29 is 14.6 Å². The van der Waals surface area contributed by atoms with Crippen molar-refractivity contribution in [3.05, 3.63) is 29.8 Å². The fraction of sp³-hybridized carbons (Fsp3) is 0.829. The van der Waals surface area contributed by atoms with Gasteiger partial charge in [0.15, 0.2) is 0 Å². The van der Waals surface area contributed by atoms with Crippen molar-refractivity contribution in [3.63, 3.8) is 0 Å². The highest BCUT2D eigenvalue weighted by atomic mass is 16.5. The highest BCUT2D eigenvalue weighted by molar-refractivity contribution is 5.69. The van der Waals surface area contributed by atoms with Gasteiger partial charge in [-0.25, -0.2) is 0 Å². The molecule has 0 saturated heterocycles. The lowest BCUT2D eigenvalue weighted by molar-refractivity contribution is -0.143. The van der Waals surface area contributed by atoms with Crippen molar-refractivity contribution in [2.24, 2.45) is 0 Å². The van der Waals surface area contributed by atoms with Crippen LogP contribution >= 0.6 is 0 Å². The first-order valence-electron chi connectivity index (χ1n) is 19.7. The minimum absolute atomic E-state index is 0.0549. The molecule has 1 N–H and O–H groups in total. The van der Waals surface area contributed by atoms with Crippen LogP contribution < -0.4 is 0 Å². The monoisotopic (exact) mass is 615 g/mol. The van der Waals surface area contributed by atoms with Crippen molar-refractivity contribution in [1.82, 2.24) is 0 Å². The van der Waals surface area contributed by atoms with Gasteiger partial charge in [-0.3, -0.25) is 4.79 Å². The van der Waals surface area contributed by atoms with Crippen LogP contribution in [0, 0.1) is 0 Å². The first-order valence-corrected chi connectivity index (χ1v) is 19.7. The lowest BCUT2D eigenvalue weighted by atomic mass is 10.0. The molecule has 0 spiro atoms. The van der Waals surface area contributed by atoms with E-state index in [-0.39, 0.29) is 11.7 Å². The average molecular weight is 615 g/mol. The van der Waals surface area contributed by atoms with Crippen LogP contribution in [0.15, 0.2) is 24.3 Å². The van der Waals surface area contributed by atoms with Crippen LogP contribution in [0.2, 0.25) is 0 Å². The van der Waals surface area contributed by atoms with Gasteiger partial charge in [-0.1, -0.05) is 199 Å². The molecule has 0 radical (unpaired) electrons. The van der Waals surface area contributed by atoms with Crippen molar-refractivity contribution in [2.75, 3.05) is 6.61 Å². The Morgan fingerprint density at radius 1 is 0.477 bits per heavy atom. The number of hydrogen-bond acceptors (Lipinski definition) is 3. The molecule has 1 aromatic rings. The second-order valence-corrected chi connectivity index (χ2v) is 13.6. The fourth-order valence-corrected chi connectivity index (χ4v) is 6.31. The normalized spacial score (nSPS) is 11.3. The second-order valence-electron chi connectivity index (χ2n) is 13.6. The molecule has 0 aliphatic rings. The standard InChI is InChI=1S/C41H74O3/c1-2-3-4-5-6-7-8-9-10-11-12-13-14-15-16-17-18-19-20-21-22-23-24-25-26-27-28-29-30-33-41(43)44-38-31-32-39-34-36-40(42)37-35-39/h34-37,42H,2-33,38H2,1H3. The number of phenolic OH excluding ortho intramolecular Hbond substituents is 1. The fourth-order valence-electron chi connectivity index (χ4n) is 6.31. The number of carbonyl (C=O) groups is 1. The number of aryl methyl sites for hydroxylation is 1. The average Bonchev–Trinajstić information content (AvgIpc) is 3.03. The molecule has 3 nitrogen and oxygen atoms in total. The Bertz CT molecular complexity index is 713. The summed E-state index contributed by atoms with van der Waals surface area (Å²) in [5.74, 6) is 0.234. The molecule has 0 atom stereocenters. The molecule has 0 saturated carbocycles. The summed E-state index contributed by atoms with van der Waals surface area (Å²) in [6.45, 7) is 2.79. The second kappa shape index (κ2) is 32.9. The minimum atomic E-state index is -0.0549. The summed E-state index contributed by atoms with van der Waals surface area (Å²) in [6, 6.07) is 7.23. The number of benzene rings is 1. The lowest BCUT2D eigenvalue weighted by Crippen LogP contribution is -2.06. The molecule has 256 valence electrons. The minimum Gasteiger partial charge on any atom is -0.508 e. The van der Waals surface area contributed by atoms with Gasteiger partial charge in [-0.05, 0) is 37.0 Å². The van der Waals surface area contributed by atoms with Crippen molar-refractivity contribution in [2.45, 2.75) is 212 Å². The molecule has 0 aromatic heterocycles. The number of hydrogen-bond donors (Lipinski definition) is 1. The van der Waals surface area contributed by atoms with Crippen LogP contribution in [0.3, 0.4) is 0 Å². The molecule has 0 fully saturated rings. The number of carbonyl (C=O) groups excluding carboxylic acids is 1. The van der Waals surface area contributed by atoms with Crippen LogP contribution in [0.25, 0.3) is 0 Å². The van der Waals surface area contributed by atoms with E-state index >= 15 is 0 Å². The van der Waals surface area contributed by atoms with E-state index in [1.807, 2.05) is 12.1 Å². The van der Waals surface area contributed by atoms with Gasteiger partial charge < -0.3 is 9.84 Å². The molecule has 1 rings (SSSR count). The lowest BCUT2D eigenvalue weighted by Gasteiger charge is -2.06. The number of rotatable bonds is 34. The maximum absolute atomic E-state index is 11.9. The van der Waals surface area contributed by atoms with E-state index in [1.165, 1.54) is 173 Å². The molecule has 0 unspecified atom stereocenters. The van der Waals surface area contributed by atoms with E-state index in [0.717, 1.165) is 31.2 Å². The van der Waals surface area contributed by atoms with E-state index in [4.69, 9.17) is 4.74 Å². The first-order chi connectivity index (χ1) is 21.7. The maximum Gasteiger partial charge on any atom is 0.305 e. The van der Waals surface area contributed by atoms with Crippen LogP contribution in [0.1, 0.15) is 212 Å². The molecule has 1 aromatic carbocycles. The summed E-state index contributed by atoms with van der Waals surface area (Å²) in [6.07, 6.45) is 43.0. The summed E-state index contributed by atoms with van der Waals surface area (Å²) in [5, 5.41) is 9.32. The smallest absolute Gasteiger partial charge is 0.305 e. The number of phenols is 1. The van der Waals surface area contributed by atoms with E-state index < -0.39 is 0 Å². The molecule has 0 bridgehead atoms. The van der Waals surface area contributed by atoms with Crippen molar-refractivity contribution >= 4 is 5.97 Å². The Kier molecular flexibility index (Phi) is 30.3. The van der Waals surface area contributed by atoms with Gasteiger partial charge in [-0.15, -0.1) is 0 Å². The molecular weight excluding hydrogens is 540 g/mol.